The molecule has 0 fully saturated rings. The molecule has 1 aromatic rings. The van der Waals surface area contributed by atoms with Gasteiger partial charge in [-0.2, -0.15) is 4.31 Å². The van der Waals surface area contributed by atoms with Gasteiger partial charge in [0.2, 0.25) is 10.0 Å². The Labute approximate surface area is 120 Å². The number of nitrogens with zero attached hydrogens (tertiary/aromatic N) is 1. The van der Waals surface area contributed by atoms with Gasteiger partial charge in [0, 0.05) is 19.6 Å². The molecule has 2 N–H and O–H groups in total. The van der Waals surface area contributed by atoms with E-state index in [4.69, 9.17) is 5.73 Å². The Morgan fingerprint density at radius 1 is 1.32 bits per heavy atom. The fourth-order valence-electron chi connectivity index (χ4n) is 1.61. The monoisotopic (exact) mass is 310 g/mol. The molecule has 0 aliphatic carbocycles. The molecule has 1 atom stereocenters. The number of hydrogen-bond donors (Lipinski definition) is 1. The number of halogens is 2. The van der Waals surface area contributed by atoms with E-state index < -0.39 is 10.0 Å². The molecule has 1 aromatic carbocycles. The van der Waals surface area contributed by atoms with E-state index in [0.717, 1.165) is 0 Å². The SMILES string of the molecule is Cc1cc(S(=O)(=O)N(C)C(C)CN)cc(C)c1F.Cl. The first kappa shape index (κ1) is 18.3. The number of rotatable bonds is 4. The van der Waals surface area contributed by atoms with Gasteiger partial charge < -0.3 is 5.73 Å². The number of hydrogen-bond acceptors (Lipinski definition) is 3. The molecule has 0 spiro atoms. The maximum absolute atomic E-state index is 13.5. The van der Waals surface area contributed by atoms with Gasteiger partial charge in [0.1, 0.15) is 5.82 Å². The molecule has 0 aromatic heterocycles. The normalized spacial score (nSPS) is 13.2. The summed E-state index contributed by atoms with van der Waals surface area (Å²) < 4.78 is 39.3. The van der Waals surface area contributed by atoms with Crippen LogP contribution in [-0.2, 0) is 10.0 Å². The summed E-state index contributed by atoms with van der Waals surface area (Å²) in [5.41, 5.74) is 6.11. The van der Waals surface area contributed by atoms with Gasteiger partial charge in [-0.05, 0) is 44.0 Å². The predicted octanol–water partition coefficient (Wildman–Crippen LogP) is 1.83. The average Bonchev–Trinajstić information content (AvgIpc) is 2.33. The van der Waals surface area contributed by atoms with E-state index in [-0.39, 0.29) is 35.7 Å². The second-order valence-corrected chi connectivity index (χ2v) is 6.47. The van der Waals surface area contributed by atoms with Crippen LogP contribution in [0.1, 0.15) is 18.1 Å². The van der Waals surface area contributed by atoms with Crippen molar-refractivity contribution in [2.75, 3.05) is 13.6 Å². The van der Waals surface area contributed by atoms with Crippen LogP contribution < -0.4 is 5.73 Å². The van der Waals surface area contributed by atoms with Crippen LogP contribution in [0.5, 0.6) is 0 Å². The van der Waals surface area contributed by atoms with Gasteiger partial charge in [0.15, 0.2) is 0 Å². The lowest BCUT2D eigenvalue weighted by Crippen LogP contribution is -2.39. The fraction of sp³-hybridized carbons (Fsp3) is 0.500. The van der Waals surface area contributed by atoms with Crippen molar-refractivity contribution in [1.82, 2.24) is 4.31 Å². The van der Waals surface area contributed by atoms with Crippen molar-refractivity contribution < 1.29 is 12.8 Å². The third-order valence-corrected chi connectivity index (χ3v) is 5.00. The first-order valence-electron chi connectivity index (χ1n) is 5.66. The van der Waals surface area contributed by atoms with Gasteiger partial charge >= 0.3 is 0 Å². The Balaban J connectivity index is 0.00000324. The molecule has 110 valence electrons. The molecular weight excluding hydrogens is 291 g/mol. The standard InChI is InChI=1S/C12H19FN2O2S.ClH/c1-8-5-11(6-9(2)12(8)13)18(16,17)15(4)10(3)7-14;/h5-6,10H,7,14H2,1-4H3;1H. The van der Waals surface area contributed by atoms with E-state index in [1.54, 1.807) is 20.8 Å². The lowest BCUT2D eigenvalue weighted by atomic mass is 10.1. The first-order chi connectivity index (χ1) is 8.21. The summed E-state index contributed by atoms with van der Waals surface area (Å²) >= 11 is 0. The largest absolute Gasteiger partial charge is 0.329 e. The van der Waals surface area contributed by atoms with E-state index in [1.807, 2.05) is 0 Å². The van der Waals surface area contributed by atoms with Gasteiger partial charge in [-0.25, -0.2) is 12.8 Å². The van der Waals surface area contributed by atoms with Crippen molar-refractivity contribution in [2.24, 2.45) is 5.73 Å². The first-order valence-corrected chi connectivity index (χ1v) is 7.10. The van der Waals surface area contributed by atoms with Crippen molar-refractivity contribution in [3.63, 3.8) is 0 Å². The molecule has 7 heteroatoms. The molecule has 1 rings (SSSR count). The summed E-state index contributed by atoms with van der Waals surface area (Å²) in [5, 5.41) is 0. The molecule has 0 aliphatic rings. The number of sulfonamides is 1. The highest BCUT2D eigenvalue weighted by molar-refractivity contribution is 7.89. The minimum absolute atomic E-state index is 0. The Bertz CT molecular complexity index is 526. The summed E-state index contributed by atoms with van der Waals surface area (Å²) in [6.07, 6.45) is 0. The number of aryl methyl sites for hydroxylation is 2. The summed E-state index contributed by atoms with van der Waals surface area (Å²) in [4.78, 5) is 0.0988. The molecule has 1 unspecified atom stereocenters. The lowest BCUT2D eigenvalue weighted by Gasteiger charge is -2.23. The van der Waals surface area contributed by atoms with Crippen LogP contribution in [0.15, 0.2) is 17.0 Å². The molecule has 0 heterocycles. The zero-order valence-electron chi connectivity index (χ0n) is 11.5. The minimum Gasteiger partial charge on any atom is -0.329 e. The van der Waals surface area contributed by atoms with E-state index in [1.165, 1.54) is 23.5 Å². The van der Waals surface area contributed by atoms with Crippen molar-refractivity contribution in [3.05, 3.63) is 29.1 Å². The van der Waals surface area contributed by atoms with Gasteiger partial charge in [0.05, 0.1) is 4.90 Å². The van der Waals surface area contributed by atoms with Crippen molar-refractivity contribution in [2.45, 2.75) is 31.7 Å². The van der Waals surface area contributed by atoms with Crippen molar-refractivity contribution >= 4 is 22.4 Å². The molecular formula is C12H20ClFN2O2S. The van der Waals surface area contributed by atoms with Crippen molar-refractivity contribution in [3.8, 4) is 0 Å². The molecule has 0 radical (unpaired) electrons. The van der Waals surface area contributed by atoms with E-state index >= 15 is 0 Å². The molecule has 0 aliphatic heterocycles. The summed E-state index contributed by atoms with van der Waals surface area (Å²) in [7, 11) is -2.15. The zero-order valence-corrected chi connectivity index (χ0v) is 13.1. The zero-order chi connectivity index (χ0) is 14.1. The molecule has 0 saturated carbocycles. The van der Waals surface area contributed by atoms with Crippen LogP contribution in [0, 0.1) is 19.7 Å². The highest BCUT2D eigenvalue weighted by Gasteiger charge is 2.25. The van der Waals surface area contributed by atoms with Crippen LogP contribution in [0.4, 0.5) is 4.39 Å². The molecule has 4 nitrogen and oxygen atoms in total. The van der Waals surface area contributed by atoms with Crippen LogP contribution in [0.3, 0.4) is 0 Å². The summed E-state index contributed by atoms with van der Waals surface area (Å²) in [6, 6.07) is 2.38. The second-order valence-electron chi connectivity index (χ2n) is 4.48. The maximum Gasteiger partial charge on any atom is 0.243 e. The van der Waals surface area contributed by atoms with Gasteiger partial charge in [-0.15, -0.1) is 12.4 Å². The van der Waals surface area contributed by atoms with Gasteiger partial charge in [-0.1, -0.05) is 0 Å². The highest BCUT2D eigenvalue weighted by atomic mass is 35.5. The quantitative estimate of drug-likeness (QED) is 0.923. The van der Waals surface area contributed by atoms with E-state index in [0.29, 0.717) is 11.1 Å². The van der Waals surface area contributed by atoms with Crippen LogP contribution >= 0.6 is 12.4 Å². The topological polar surface area (TPSA) is 63.4 Å². The maximum atomic E-state index is 13.5. The highest BCUT2D eigenvalue weighted by Crippen LogP contribution is 2.22. The number of likely N-dealkylation sites (N-methyl/N-ethyl adjacent to an activating group) is 1. The fourth-order valence-corrected chi connectivity index (χ4v) is 3.15. The predicted molar refractivity (Wildman–Crippen MR) is 76.6 cm³/mol. The van der Waals surface area contributed by atoms with Crippen LogP contribution in [-0.4, -0.2) is 32.4 Å². The van der Waals surface area contributed by atoms with E-state index in [2.05, 4.69) is 0 Å². The van der Waals surface area contributed by atoms with Crippen LogP contribution in [0.25, 0.3) is 0 Å². The Hall–Kier alpha value is -0.690. The smallest absolute Gasteiger partial charge is 0.243 e. The molecule has 0 bridgehead atoms. The Kier molecular flexibility index (Phi) is 6.41. The van der Waals surface area contributed by atoms with E-state index in [9.17, 15) is 12.8 Å². The minimum atomic E-state index is -3.63. The van der Waals surface area contributed by atoms with Crippen molar-refractivity contribution in [1.29, 1.82) is 0 Å². The lowest BCUT2D eigenvalue weighted by molar-refractivity contribution is 0.394. The number of nitrogens with two attached hydrogens (primary N) is 1. The van der Waals surface area contributed by atoms with Crippen LogP contribution in [0.2, 0.25) is 0 Å². The molecule has 0 saturated heterocycles. The third-order valence-electron chi connectivity index (χ3n) is 3.05. The third kappa shape index (κ3) is 3.66. The second kappa shape index (κ2) is 6.65. The molecule has 0 amide bonds. The van der Waals surface area contributed by atoms with Gasteiger partial charge in [-0.3, -0.25) is 0 Å². The Morgan fingerprint density at radius 2 is 1.74 bits per heavy atom. The summed E-state index contributed by atoms with van der Waals surface area (Å²) in [5.74, 6) is -0.372. The molecule has 19 heavy (non-hydrogen) atoms. The average molecular weight is 311 g/mol. The summed E-state index contributed by atoms with van der Waals surface area (Å²) in [6.45, 7) is 5.05. The van der Waals surface area contributed by atoms with Gasteiger partial charge in [0.25, 0.3) is 0 Å². The Morgan fingerprint density at radius 3 is 2.11 bits per heavy atom. The number of benzene rings is 1.